The second-order valence-electron chi connectivity index (χ2n) is 2.65. The molecular weight excluding hydrogens is 182 g/mol. The molecule has 0 aliphatic heterocycles. The van der Waals surface area contributed by atoms with E-state index in [9.17, 15) is 0 Å². The molecule has 2 heteroatoms. The lowest BCUT2D eigenvalue weighted by Gasteiger charge is -1.99. The summed E-state index contributed by atoms with van der Waals surface area (Å²) in [6.07, 6.45) is 1.65. The number of pyridine rings is 1. The van der Waals surface area contributed by atoms with Crippen LogP contribution in [-0.4, -0.2) is 4.98 Å². The third-order valence-corrected chi connectivity index (χ3v) is 1.97. The summed E-state index contributed by atoms with van der Waals surface area (Å²) in [6, 6.07) is 14.3. The van der Waals surface area contributed by atoms with E-state index in [0.717, 1.165) is 16.3 Å². The fourth-order valence-corrected chi connectivity index (χ4v) is 1.33. The third kappa shape index (κ3) is 1.87. The van der Waals surface area contributed by atoms with Crippen molar-refractivity contribution in [2.75, 3.05) is 0 Å². The van der Waals surface area contributed by atoms with Crippen molar-refractivity contribution in [1.82, 2.24) is 4.98 Å². The van der Waals surface area contributed by atoms with Crippen molar-refractivity contribution < 1.29 is 0 Å². The van der Waals surface area contributed by atoms with Gasteiger partial charge in [0.2, 0.25) is 0 Å². The molecule has 63 valence electrons. The zero-order chi connectivity index (χ0) is 9.10. The molecule has 0 aliphatic carbocycles. The van der Waals surface area contributed by atoms with Gasteiger partial charge in [-0.1, -0.05) is 29.8 Å². The lowest BCUT2D eigenvalue weighted by atomic mass is 10.1. The van der Waals surface area contributed by atoms with Crippen molar-refractivity contribution in [3.63, 3.8) is 0 Å². The van der Waals surface area contributed by atoms with Crippen molar-refractivity contribution >= 4 is 11.6 Å². The summed E-state index contributed by atoms with van der Waals surface area (Å²) in [7, 11) is 0. The first-order valence-corrected chi connectivity index (χ1v) is 4.32. The summed E-state index contributed by atoms with van der Waals surface area (Å²) in [5, 5.41) is 0.729. The fraction of sp³-hybridized carbons (Fsp3) is 0. The van der Waals surface area contributed by atoms with Crippen LogP contribution in [0.1, 0.15) is 0 Å². The Morgan fingerprint density at radius 1 is 1.23 bits per heavy atom. The number of benzene rings is 1. The molecule has 0 fully saturated rings. The maximum absolute atomic E-state index is 5.86. The first-order valence-electron chi connectivity index (χ1n) is 3.94. The number of hydrogen-bond donors (Lipinski definition) is 0. The monoisotopic (exact) mass is 188 g/mol. The van der Waals surface area contributed by atoms with Crippen molar-refractivity contribution in [3.8, 4) is 11.3 Å². The van der Waals surface area contributed by atoms with Crippen LogP contribution in [0.4, 0.5) is 0 Å². The van der Waals surface area contributed by atoms with Gasteiger partial charge in [0, 0.05) is 22.8 Å². The van der Waals surface area contributed by atoms with Gasteiger partial charge in [0.15, 0.2) is 0 Å². The van der Waals surface area contributed by atoms with Gasteiger partial charge < -0.3 is 0 Å². The lowest BCUT2D eigenvalue weighted by molar-refractivity contribution is 1.32. The van der Waals surface area contributed by atoms with Crippen LogP contribution in [0.2, 0.25) is 5.02 Å². The Morgan fingerprint density at radius 2 is 2.15 bits per heavy atom. The van der Waals surface area contributed by atoms with E-state index in [2.05, 4.69) is 11.1 Å². The summed E-state index contributed by atoms with van der Waals surface area (Å²) < 4.78 is 0. The average Bonchev–Trinajstić information content (AvgIpc) is 2.19. The molecule has 0 saturated carbocycles. The standard InChI is InChI=1S/C11H7ClN/c12-10-5-3-4-9(8-10)11-6-1-2-7-13-11/h1,3-8H. The van der Waals surface area contributed by atoms with E-state index in [1.807, 2.05) is 36.4 Å². The van der Waals surface area contributed by atoms with E-state index in [1.54, 1.807) is 6.20 Å². The minimum absolute atomic E-state index is 0.729. The van der Waals surface area contributed by atoms with Crippen molar-refractivity contribution in [2.24, 2.45) is 0 Å². The molecule has 13 heavy (non-hydrogen) atoms. The van der Waals surface area contributed by atoms with Crippen LogP contribution >= 0.6 is 11.6 Å². The van der Waals surface area contributed by atoms with Crippen LogP contribution in [0.25, 0.3) is 11.3 Å². The number of hydrogen-bond acceptors (Lipinski definition) is 1. The van der Waals surface area contributed by atoms with Crippen LogP contribution in [0.5, 0.6) is 0 Å². The molecule has 1 aromatic heterocycles. The van der Waals surface area contributed by atoms with Crippen molar-refractivity contribution in [1.29, 1.82) is 0 Å². The van der Waals surface area contributed by atoms with E-state index >= 15 is 0 Å². The maximum Gasteiger partial charge on any atom is 0.0702 e. The Balaban J connectivity index is 2.48. The summed E-state index contributed by atoms with van der Waals surface area (Å²) >= 11 is 5.86. The summed E-state index contributed by atoms with van der Waals surface area (Å²) in [6.45, 7) is 0. The second-order valence-corrected chi connectivity index (χ2v) is 3.09. The minimum atomic E-state index is 0.729. The van der Waals surface area contributed by atoms with Gasteiger partial charge in [0.25, 0.3) is 0 Å². The van der Waals surface area contributed by atoms with E-state index in [1.165, 1.54) is 0 Å². The van der Waals surface area contributed by atoms with E-state index < -0.39 is 0 Å². The third-order valence-electron chi connectivity index (χ3n) is 1.74. The van der Waals surface area contributed by atoms with Crippen molar-refractivity contribution in [2.45, 2.75) is 0 Å². The van der Waals surface area contributed by atoms with Gasteiger partial charge in [-0.25, -0.2) is 0 Å². The zero-order valence-corrected chi connectivity index (χ0v) is 7.62. The van der Waals surface area contributed by atoms with Crippen LogP contribution in [0.3, 0.4) is 0 Å². The normalized spacial score (nSPS) is 9.92. The Kier molecular flexibility index (Phi) is 2.28. The van der Waals surface area contributed by atoms with Gasteiger partial charge in [0.05, 0.1) is 5.69 Å². The molecule has 0 saturated heterocycles. The SMILES string of the molecule is Clc1cccc(-c2cc[c]cn2)c1. The number of halogens is 1. The molecule has 0 aliphatic rings. The number of rotatable bonds is 1. The minimum Gasteiger partial charge on any atom is -0.256 e. The topological polar surface area (TPSA) is 12.9 Å². The predicted octanol–water partition coefficient (Wildman–Crippen LogP) is 3.20. The second kappa shape index (κ2) is 3.58. The zero-order valence-electron chi connectivity index (χ0n) is 6.87. The molecule has 0 bridgehead atoms. The van der Waals surface area contributed by atoms with Crippen LogP contribution < -0.4 is 0 Å². The molecule has 0 unspecified atom stereocenters. The van der Waals surface area contributed by atoms with E-state index in [-0.39, 0.29) is 0 Å². The molecule has 0 spiro atoms. The summed E-state index contributed by atoms with van der Waals surface area (Å²) in [5.41, 5.74) is 1.95. The van der Waals surface area contributed by atoms with Gasteiger partial charge in [-0.2, -0.15) is 0 Å². The van der Waals surface area contributed by atoms with Gasteiger partial charge in [-0.15, -0.1) is 0 Å². The Bertz CT molecular complexity index is 398. The van der Waals surface area contributed by atoms with E-state index in [4.69, 9.17) is 11.6 Å². The first-order chi connectivity index (χ1) is 6.36. The molecule has 0 amide bonds. The molecule has 1 radical (unpaired) electrons. The van der Waals surface area contributed by atoms with Gasteiger partial charge >= 0.3 is 0 Å². The molecular formula is C11H7ClN. The molecule has 1 heterocycles. The van der Waals surface area contributed by atoms with Crippen LogP contribution in [0, 0.1) is 6.07 Å². The number of nitrogens with zero attached hydrogens (tertiary/aromatic N) is 1. The Morgan fingerprint density at radius 3 is 2.85 bits per heavy atom. The Labute approximate surface area is 82.0 Å². The molecule has 0 atom stereocenters. The molecule has 2 aromatic rings. The highest BCUT2D eigenvalue weighted by Gasteiger charge is 1.97. The first kappa shape index (κ1) is 8.27. The Hall–Kier alpha value is -1.34. The highest BCUT2D eigenvalue weighted by atomic mass is 35.5. The smallest absolute Gasteiger partial charge is 0.0702 e. The molecule has 1 nitrogen and oxygen atoms in total. The van der Waals surface area contributed by atoms with Crippen LogP contribution in [0.15, 0.2) is 42.6 Å². The molecule has 0 N–H and O–H groups in total. The molecule has 1 aromatic carbocycles. The molecule has 2 rings (SSSR count). The average molecular weight is 189 g/mol. The van der Waals surface area contributed by atoms with Crippen molar-refractivity contribution in [3.05, 3.63) is 53.7 Å². The predicted molar refractivity (Wildman–Crippen MR) is 53.5 cm³/mol. The van der Waals surface area contributed by atoms with Gasteiger partial charge in [-0.3, -0.25) is 4.98 Å². The highest BCUT2D eigenvalue weighted by Crippen LogP contribution is 2.19. The van der Waals surface area contributed by atoms with Gasteiger partial charge in [-0.05, 0) is 18.2 Å². The van der Waals surface area contributed by atoms with E-state index in [0.29, 0.717) is 0 Å². The summed E-state index contributed by atoms with van der Waals surface area (Å²) in [5.74, 6) is 0. The lowest BCUT2D eigenvalue weighted by Crippen LogP contribution is -1.80. The quantitative estimate of drug-likeness (QED) is 0.670. The fourth-order valence-electron chi connectivity index (χ4n) is 1.14. The number of aromatic nitrogens is 1. The highest BCUT2D eigenvalue weighted by molar-refractivity contribution is 6.30. The largest absolute Gasteiger partial charge is 0.256 e. The summed E-state index contributed by atoms with van der Waals surface area (Å²) in [4.78, 5) is 4.18. The van der Waals surface area contributed by atoms with Crippen LogP contribution in [-0.2, 0) is 0 Å². The maximum atomic E-state index is 5.86. The van der Waals surface area contributed by atoms with Gasteiger partial charge in [0.1, 0.15) is 0 Å².